The molecule has 0 saturated heterocycles. The van der Waals surface area contributed by atoms with Crippen LogP contribution in [0.1, 0.15) is 35.5 Å². The van der Waals surface area contributed by atoms with E-state index in [-0.39, 0.29) is 35.4 Å². The van der Waals surface area contributed by atoms with Gasteiger partial charge in [-0.05, 0) is 37.6 Å². The van der Waals surface area contributed by atoms with Gasteiger partial charge in [-0.2, -0.15) is 5.10 Å². The van der Waals surface area contributed by atoms with Gasteiger partial charge >= 0.3 is 0 Å². The van der Waals surface area contributed by atoms with Crippen molar-refractivity contribution in [2.24, 2.45) is 5.73 Å². The van der Waals surface area contributed by atoms with Crippen LogP contribution < -0.4 is 5.73 Å². The Balaban J connectivity index is 0.00000450. The Morgan fingerprint density at radius 3 is 2.57 bits per heavy atom. The predicted octanol–water partition coefficient (Wildman–Crippen LogP) is 2.97. The number of rotatable bonds is 8. The largest absolute Gasteiger partial charge is 0.387 e. The van der Waals surface area contributed by atoms with E-state index in [0.717, 1.165) is 15.4 Å². The van der Waals surface area contributed by atoms with Gasteiger partial charge in [-0.15, -0.1) is 12.4 Å². The monoisotopic (exact) mass is 480 g/mol. The maximum atomic E-state index is 13.9. The van der Waals surface area contributed by atoms with Gasteiger partial charge < -0.3 is 10.8 Å². The molecule has 0 radical (unpaired) electrons. The van der Waals surface area contributed by atoms with Crippen LogP contribution in [0.3, 0.4) is 0 Å². The number of aliphatic hydroxyl groups is 1. The fourth-order valence-corrected chi connectivity index (χ4v) is 4.48. The summed E-state index contributed by atoms with van der Waals surface area (Å²) in [5.41, 5.74) is 7.95. The molecule has 30 heavy (non-hydrogen) atoms. The van der Waals surface area contributed by atoms with Gasteiger partial charge in [-0.25, -0.2) is 17.1 Å². The Morgan fingerprint density at radius 1 is 1.43 bits per heavy atom. The fourth-order valence-electron chi connectivity index (χ4n) is 3.04. The van der Waals surface area contributed by atoms with Crippen LogP contribution in [0.25, 0.3) is 0 Å². The lowest BCUT2D eigenvalue weighted by atomic mass is 10.0. The standard InChI is InChI=1S/C19H26ClFN4O3S.ClH/c1-12-16(19(13(2)26)25(23-12)11-15(21)7-8-22)9-14-5-6-18(17(20)10-14)29(27,28)24(3)4;/h5-7,10,13,26H,8-9,11,22H2,1-4H3;1H/b15-7-;. The smallest absolute Gasteiger partial charge is 0.244 e. The molecule has 2 aromatic rings. The molecule has 0 aliphatic rings. The summed E-state index contributed by atoms with van der Waals surface area (Å²) in [7, 11) is -0.785. The third kappa shape index (κ3) is 5.81. The van der Waals surface area contributed by atoms with Crippen molar-refractivity contribution >= 4 is 34.0 Å². The lowest BCUT2D eigenvalue weighted by Crippen LogP contribution is -2.22. The molecule has 1 unspecified atom stereocenters. The van der Waals surface area contributed by atoms with Crippen molar-refractivity contribution in [2.45, 2.75) is 37.8 Å². The number of nitrogens with zero attached hydrogens (tertiary/aromatic N) is 3. The van der Waals surface area contributed by atoms with Crippen molar-refractivity contribution in [2.75, 3.05) is 20.6 Å². The van der Waals surface area contributed by atoms with Crippen molar-refractivity contribution in [1.82, 2.24) is 14.1 Å². The second kappa shape index (κ2) is 10.7. The summed E-state index contributed by atoms with van der Waals surface area (Å²) in [4.78, 5) is 0.0186. The predicted molar refractivity (Wildman–Crippen MR) is 118 cm³/mol. The molecule has 3 N–H and O–H groups in total. The Bertz CT molecular complexity index is 1020. The van der Waals surface area contributed by atoms with Gasteiger partial charge in [0, 0.05) is 32.6 Å². The number of aliphatic hydroxyl groups excluding tert-OH is 1. The van der Waals surface area contributed by atoms with Crippen LogP contribution in [0.2, 0.25) is 5.02 Å². The van der Waals surface area contributed by atoms with E-state index in [1.807, 2.05) is 0 Å². The topological polar surface area (TPSA) is 101 Å². The third-order valence-electron chi connectivity index (χ3n) is 4.47. The highest BCUT2D eigenvalue weighted by Gasteiger charge is 2.23. The summed E-state index contributed by atoms with van der Waals surface area (Å²) in [5, 5.41) is 14.7. The highest BCUT2D eigenvalue weighted by molar-refractivity contribution is 7.89. The lowest BCUT2D eigenvalue weighted by Gasteiger charge is -2.14. The molecule has 0 saturated carbocycles. The number of aromatic nitrogens is 2. The number of aryl methyl sites for hydroxylation is 1. The van der Waals surface area contributed by atoms with Gasteiger partial charge in [0.1, 0.15) is 10.7 Å². The van der Waals surface area contributed by atoms with Crippen LogP contribution in [0, 0.1) is 6.92 Å². The van der Waals surface area contributed by atoms with Crippen LogP contribution in [0.5, 0.6) is 0 Å². The highest BCUT2D eigenvalue weighted by Crippen LogP contribution is 2.29. The van der Waals surface area contributed by atoms with Crippen molar-refractivity contribution in [3.8, 4) is 0 Å². The average Bonchev–Trinajstić information content (AvgIpc) is 2.89. The number of hydrogen-bond donors (Lipinski definition) is 2. The van der Waals surface area contributed by atoms with E-state index in [0.29, 0.717) is 17.8 Å². The van der Waals surface area contributed by atoms with Crippen LogP contribution in [0.15, 0.2) is 35.0 Å². The molecule has 1 aromatic heterocycles. The highest BCUT2D eigenvalue weighted by atomic mass is 35.5. The summed E-state index contributed by atoms with van der Waals surface area (Å²) >= 11 is 6.23. The molecule has 7 nitrogen and oxygen atoms in total. The van der Waals surface area contributed by atoms with Gasteiger partial charge in [0.25, 0.3) is 0 Å². The van der Waals surface area contributed by atoms with Gasteiger partial charge in [-0.3, -0.25) is 4.68 Å². The Kier molecular flexibility index (Phi) is 9.47. The van der Waals surface area contributed by atoms with Crippen molar-refractivity contribution in [3.63, 3.8) is 0 Å². The van der Waals surface area contributed by atoms with E-state index in [1.54, 1.807) is 26.0 Å². The van der Waals surface area contributed by atoms with Crippen LogP contribution in [0.4, 0.5) is 4.39 Å². The van der Waals surface area contributed by atoms with Crippen LogP contribution >= 0.6 is 24.0 Å². The second-order valence-electron chi connectivity index (χ2n) is 6.90. The first-order valence-electron chi connectivity index (χ1n) is 8.98. The molecule has 0 aliphatic heterocycles. The van der Waals surface area contributed by atoms with E-state index >= 15 is 0 Å². The van der Waals surface area contributed by atoms with Gasteiger partial charge in [0.15, 0.2) is 0 Å². The Labute approximate surface area is 187 Å². The van der Waals surface area contributed by atoms with Crippen LogP contribution in [-0.2, 0) is 23.0 Å². The third-order valence-corrected chi connectivity index (χ3v) is 6.76. The molecule has 0 fully saturated rings. The number of sulfonamides is 1. The maximum Gasteiger partial charge on any atom is 0.244 e. The molecule has 0 aliphatic carbocycles. The number of allylic oxidation sites excluding steroid dienone is 1. The van der Waals surface area contributed by atoms with Crippen LogP contribution in [-0.4, -0.2) is 48.3 Å². The quantitative estimate of drug-likeness (QED) is 0.604. The zero-order valence-electron chi connectivity index (χ0n) is 17.3. The molecule has 0 spiro atoms. The van der Waals surface area contributed by atoms with E-state index in [4.69, 9.17) is 17.3 Å². The number of nitrogens with two attached hydrogens (primary N) is 1. The molecule has 11 heteroatoms. The zero-order valence-corrected chi connectivity index (χ0v) is 19.7. The van der Waals surface area contributed by atoms with E-state index < -0.39 is 22.0 Å². The lowest BCUT2D eigenvalue weighted by molar-refractivity contribution is 0.186. The SMILES string of the molecule is Cc1nn(C/C(F)=C/CN)c(C(C)O)c1Cc1ccc(S(=O)(=O)N(C)C)c(Cl)c1.Cl. The maximum absolute atomic E-state index is 13.9. The molecule has 1 aromatic carbocycles. The minimum atomic E-state index is -3.66. The van der Waals surface area contributed by atoms with Crippen molar-refractivity contribution in [3.05, 3.63) is 57.6 Å². The number of hydrogen-bond acceptors (Lipinski definition) is 5. The minimum Gasteiger partial charge on any atom is -0.387 e. The number of halogens is 3. The van der Waals surface area contributed by atoms with E-state index in [2.05, 4.69) is 5.10 Å². The minimum absolute atomic E-state index is 0. The first kappa shape index (κ1) is 26.5. The summed E-state index contributed by atoms with van der Waals surface area (Å²) in [6.45, 7) is 3.30. The van der Waals surface area contributed by atoms with Crippen molar-refractivity contribution < 1.29 is 17.9 Å². The Hall–Kier alpha value is -1.49. The Morgan fingerprint density at radius 2 is 2.07 bits per heavy atom. The molecule has 168 valence electrons. The number of benzene rings is 1. The summed E-state index contributed by atoms with van der Waals surface area (Å²) in [6.07, 6.45) is 0.739. The van der Waals surface area contributed by atoms with Crippen molar-refractivity contribution in [1.29, 1.82) is 0 Å². The molecule has 0 bridgehead atoms. The normalized spacial score (nSPS) is 13.4. The molecule has 2 rings (SSSR count). The fraction of sp³-hybridized carbons (Fsp3) is 0.421. The molecule has 1 heterocycles. The summed E-state index contributed by atoms with van der Waals surface area (Å²) in [6, 6.07) is 4.70. The average molecular weight is 481 g/mol. The molecular formula is C19H27Cl2FN4O3S. The summed E-state index contributed by atoms with van der Waals surface area (Å²) < 4.78 is 41.1. The molecular weight excluding hydrogens is 454 g/mol. The summed E-state index contributed by atoms with van der Waals surface area (Å²) in [5.74, 6) is -0.440. The first-order valence-corrected chi connectivity index (χ1v) is 10.8. The molecule has 1 atom stereocenters. The van der Waals surface area contributed by atoms with Gasteiger partial charge in [-0.1, -0.05) is 17.7 Å². The molecule has 0 amide bonds. The van der Waals surface area contributed by atoms with E-state index in [1.165, 1.54) is 30.9 Å². The van der Waals surface area contributed by atoms with E-state index in [9.17, 15) is 17.9 Å². The zero-order chi connectivity index (χ0) is 21.9. The first-order chi connectivity index (χ1) is 13.5. The van der Waals surface area contributed by atoms with Gasteiger partial charge in [0.2, 0.25) is 10.0 Å². The second-order valence-corrected chi connectivity index (χ2v) is 9.43. The van der Waals surface area contributed by atoms with Gasteiger partial charge in [0.05, 0.1) is 29.1 Å².